The molecule has 9 nitrogen and oxygen atoms in total. The molecule has 3 saturated carbocycles. The number of nitrogens with zero attached hydrogens (tertiary/aromatic N) is 4. The number of aliphatic carboxylic acids is 1. The van der Waals surface area contributed by atoms with Crippen LogP contribution in [0.25, 0.3) is 0 Å². The van der Waals surface area contributed by atoms with Crippen molar-refractivity contribution >= 4 is 17.8 Å². The Morgan fingerprint density at radius 2 is 1.55 bits per heavy atom. The zero-order chi connectivity index (χ0) is 42.6. The summed E-state index contributed by atoms with van der Waals surface area (Å²) in [4.78, 5) is 42.7. The molecular formula is C44H49F7N4O5. The quantitative estimate of drug-likeness (QED) is 0.194. The molecule has 2 saturated heterocycles. The summed E-state index contributed by atoms with van der Waals surface area (Å²) >= 11 is 0. The highest BCUT2D eigenvalue weighted by Gasteiger charge is 2.71. The second-order valence-corrected chi connectivity index (χ2v) is 17.9. The molecule has 0 radical (unpaired) electrons. The molecular weight excluding hydrogens is 797 g/mol. The van der Waals surface area contributed by atoms with E-state index in [1.807, 2.05) is 18.2 Å². The van der Waals surface area contributed by atoms with Gasteiger partial charge in [-0.1, -0.05) is 43.2 Å². The first-order valence-electron chi connectivity index (χ1n) is 20.9. The molecule has 2 aliphatic heterocycles. The number of hydrogen-bond donors (Lipinski definition) is 1. The van der Waals surface area contributed by atoms with Crippen molar-refractivity contribution in [1.82, 2.24) is 19.6 Å². The van der Waals surface area contributed by atoms with Crippen molar-refractivity contribution in [1.29, 1.82) is 0 Å². The topological polar surface area (TPSA) is 105 Å². The van der Waals surface area contributed by atoms with E-state index in [2.05, 4.69) is 5.10 Å². The van der Waals surface area contributed by atoms with E-state index in [0.29, 0.717) is 31.2 Å². The number of likely N-dealkylation sites (tertiary alicyclic amines) is 2. The highest BCUT2D eigenvalue weighted by atomic mass is 19.4. The summed E-state index contributed by atoms with van der Waals surface area (Å²) in [5, 5.41) is 14.6. The van der Waals surface area contributed by atoms with E-state index in [1.54, 1.807) is 27.9 Å². The minimum absolute atomic E-state index is 0.000999. The summed E-state index contributed by atoms with van der Waals surface area (Å²) < 4.78 is 104. The number of carboxylic acid groups (broad SMARTS) is 1. The number of hydrogen-bond acceptors (Lipinski definition) is 5. The highest BCUT2D eigenvalue weighted by molar-refractivity contribution is 5.94. The van der Waals surface area contributed by atoms with Gasteiger partial charge in [0.2, 0.25) is 5.91 Å². The average molecular weight is 847 g/mol. The zero-order valence-corrected chi connectivity index (χ0v) is 33.1. The SMILES string of the molecule is O=C(O)C1CCCCC1c1c(COC[C@@H]2CN(C(=O)c3cnn(Cc4ccc(F)cc4)c3)CC23CN(C(=O)C2(C(F)(F)F)CC2)C3)cccc1C1CCC(C(F)(F)F)CC1. The van der Waals surface area contributed by atoms with Gasteiger partial charge in [0.05, 0.1) is 43.4 Å². The van der Waals surface area contributed by atoms with Gasteiger partial charge in [-0.25, -0.2) is 4.39 Å². The second kappa shape index (κ2) is 16.1. The smallest absolute Gasteiger partial charge is 0.403 e. The summed E-state index contributed by atoms with van der Waals surface area (Å²) in [5.74, 6) is -5.50. The first kappa shape index (κ1) is 42.2. The van der Waals surface area contributed by atoms with Crippen molar-refractivity contribution in [2.24, 2.45) is 28.6 Å². The average Bonchev–Trinajstić information content (AvgIpc) is 3.77. The molecule has 3 heterocycles. The number of alkyl halides is 6. The van der Waals surface area contributed by atoms with Gasteiger partial charge in [-0.3, -0.25) is 19.1 Å². The van der Waals surface area contributed by atoms with Crippen molar-refractivity contribution < 1.29 is 55.0 Å². The summed E-state index contributed by atoms with van der Waals surface area (Å²) in [6, 6.07) is 11.5. The Hall–Kier alpha value is -4.47. The lowest BCUT2D eigenvalue weighted by atomic mass is 9.69. The number of carboxylic acids is 1. The number of halogens is 7. The summed E-state index contributed by atoms with van der Waals surface area (Å²) in [6.45, 7) is 0.860. The summed E-state index contributed by atoms with van der Waals surface area (Å²) in [5.41, 5.74) is 0.412. The monoisotopic (exact) mass is 846 g/mol. The minimum Gasteiger partial charge on any atom is -0.481 e. The molecule has 3 atom stereocenters. The molecule has 1 aromatic heterocycles. The van der Waals surface area contributed by atoms with Crippen LogP contribution < -0.4 is 0 Å². The van der Waals surface area contributed by atoms with Crippen LogP contribution in [-0.4, -0.2) is 87.6 Å². The number of rotatable bonds is 11. The van der Waals surface area contributed by atoms with Crippen molar-refractivity contribution in [3.05, 3.63) is 88.5 Å². The van der Waals surface area contributed by atoms with Gasteiger partial charge in [0.25, 0.3) is 5.91 Å². The van der Waals surface area contributed by atoms with Gasteiger partial charge in [-0.2, -0.15) is 31.4 Å². The molecule has 3 aliphatic carbocycles. The van der Waals surface area contributed by atoms with Crippen LogP contribution in [0.4, 0.5) is 30.7 Å². The summed E-state index contributed by atoms with van der Waals surface area (Å²) in [6.07, 6.45) is -3.10. The van der Waals surface area contributed by atoms with E-state index in [4.69, 9.17) is 4.74 Å². The minimum atomic E-state index is -4.66. The van der Waals surface area contributed by atoms with Gasteiger partial charge < -0.3 is 19.6 Å². The molecule has 0 bridgehead atoms. The zero-order valence-electron chi connectivity index (χ0n) is 33.1. The molecule has 60 heavy (non-hydrogen) atoms. The third kappa shape index (κ3) is 8.16. The summed E-state index contributed by atoms with van der Waals surface area (Å²) in [7, 11) is 0. The largest absolute Gasteiger partial charge is 0.481 e. The maximum Gasteiger partial charge on any atom is 0.403 e. The number of ether oxygens (including phenoxy) is 1. The number of aromatic nitrogens is 2. The van der Waals surface area contributed by atoms with Crippen LogP contribution in [0.1, 0.15) is 109 Å². The lowest BCUT2D eigenvalue weighted by Crippen LogP contribution is -2.65. The maximum atomic E-state index is 14.0. The van der Waals surface area contributed by atoms with Crippen LogP contribution in [0.3, 0.4) is 0 Å². The normalized spacial score (nSPS) is 26.2. The predicted octanol–water partition coefficient (Wildman–Crippen LogP) is 8.72. The molecule has 2 aromatic carbocycles. The van der Waals surface area contributed by atoms with Crippen LogP contribution in [0.15, 0.2) is 54.9 Å². The molecule has 8 rings (SSSR count). The number of amides is 2. The fraction of sp³-hybridized carbons (Fsp3) is 0.591. The fourth-order valence-corrected chi connectivity index (χ4v) is 10.6. The Balaban J connectivity index is 1.02. The van der Waals surface area contributed by atoms with Crippen molar-refractivity contribution in [2.75, 3.05) is 32.8 Å². The van der Waals surface area contributed by atoms with Gasteiger partial charge in [-0.05, 0) is 97.6 Å². The molecule has 324 valence electrons. The molecule has 1 spiro atoms. The molecule has 5 aliphatic rings. The van der Waals surface area contributed by atoms with Crippen LogP contribution in [0.5, 0.6) is 0 Å². The van der Waals surface area contributed by atoms with E-state index in [1.165, 1.54) is 23.2 Å². The van der Waals surface area contributed by atoms with Crippen molar-refractivity contribution in [3.63, 3.8) is 0 Å². The van der Waals surface area contributed by atoms with Gasteiger partial charge in [0.15, 0.2) is 0 Å². The number of benzene rings is 2. The van der Waals surface area contributed by atoms with Crippen LogP contribution in [-0.2, 0) is 27.5 Å². The standard InChI is InChI=1S/C44H49F7N4O5/c45-33-14-8-27(9-15-33)19-55-20-30(18-52-55)38(56)53-21-32(41(24-53)25-54(26-41)40(59)42(16-17-42)44(49,50)51)23-60-22-29-4-3-7-34(28-10-12-31(13-11-28)43(46,47)48)37(29)35-5-1-2-6-36(35)39(57)58/h3-4,7-9,14-15,18,20,28,31-32,35-36H,1-2,5-6,10-13,16-17,19,21-26H2,(H,57,58)/t28?,31?,32-,35?,36?/m0/s1. The maximum absolute atomic E-state index is 14.0. The molecule has 2 amide bonds. The van der Waals surface area contributed by atoms with Crippen LogP contribution in [0.2, 0.25) is 0 Å². The van der Waals surface area contributed by atoms with E-state index in [-0.39, 0.29) is 101 Å². The molecule has 1 N–H and O–H groups in total. The van der Waals surface area contributed by atoms with E-state index < -0.39 is 46.9 Å². The Morgan fingerprint density at radius 1 is 0.867 bits per heavy atom. The Labute approximate surface area is 343 Å². The van der Waals surface area contributed by atoms with Gasteiger partial charge in [-0.15, -0.1) is 0 Å². The van der Waals surface area contributed by atoms with Gasteiger partial charge in [0, 0.05) is 43.7 Å². The second-order valence-electron chi connectivity index (χ2n) is 17.9. The lowest BCUT2D eigenvalue weighted by Gasteiger charge is -2.52. The van der Waals surface area contributed by atoms with E-state index >= 15 is 0 Å². The third-order valence-electron chi connectivity index (χ3n) is 14.1. The molecule has 5 fully saturated rings. The molecule has 16 heteroatoms. The fourth-order valence-electron chi connectivity index (χ4n) is 10.6. The van der Waals surface area contributed by atoms with Crippen LogP contribution >= 0.6 is 0 Å². The first-order valence-corrected chi connectivity index (χ1v) is 20.9. The molecule has 3 aromatic rings. The van der Waals surface area contributed by atoms with Gasteiger partial charge in [0.1, 0.15) is 11.2 Å². The molecule has 2 unspecified atom stereocenters. The highest BCUT2D eigenvalue weighted by Crippen LogP contribution is 2.60. The van der Waals surface area contributed by atoms with Crippen molar-refractivity contribution in [2.45, 2.75) is 102 Å². The number of carbonyl (C=O) groups is 3. The Kier molecular flexibility index (Phi) is 11.3. The lowest BCUT2D eigenvalue weighted by molar-refractivity contribution is -0.205. The predicted molar refractivity (Wildman–Crippen MR) is 203 cm³/mol. The van der Waals surface area contributed by atoms with E-state index in [9.17, 15) is 50.2 Å². The number of carbonyl (C=O) groups excluding carboxylic acids is 2. The van der Waals surface area contributed by atoms with Crippen molar-refractivity contribution in [3.8, 4) is 0 Å². The first-order chi connectivity index (χ1) is 28.5. The van der Waals surface area contributed by atoms with Gasteiger partial charge >= 0.3 is 18.3 Å². The Bertz CT molecular complexity index is 2070. The van der Waals surface area contributed by atoms with Crippen LogP contribution in [0, 0.1) is 34.4 Å². The van der Waals surface area contributed by atoms with E-state index in [0.717, 1.165) is 35.1 Å². The third-order valence-corrected chi connectivity index (χ3v) is 14.1. The Morgan fingerprint density at radius 3 is 2.20 bits per heavy atom.